The van der Waals surface area contributed by atoms with Crippen LogP contribution in [0.3, 0.4) is 0 Å². The molecule has 4 aliphatic rings. The van der Waals surface area contributed by atoms with Gasteiger partial charge in [0.15, 0.2) is 6.10 Å². The zero-order chi connectivity index (χ0) is 17.5. The summed E-state index contributed by atoms with van der Waals surface area (Å²) in [4.78, 5) is 23.8. The van der Waals surface area contributed by atoms with Crippen LogP contribution in [0.2, 0.25) is 0 Å². The third-order valence-electron chi connectivity index (χ3n) is 5.71. The molecule has 0 spiro atoms. The molecule has 0 amide bonds. The van der Waals surface area contributed by atoms with Gasteiger partial charge in [0.2, 0.25) is 5.79 Å². The number of hydrogen-bond acceptors (Lipinski definition) is 7. The Morgan fingerprint density at radius 3 is 2.67 bits per heavy atom. The quantitative estimate of drug-likeness (QED) is 0.562. The van der Waals surface area contributed by atoms with E-state index in [0.717, 1.165) is 12.8 Å². The van der Waals surface area contributed by atoms with Crippen molar-refractivity contribution < 1.29 is 33.6 Å². The highest BCUT2D eigenvalue weighted by molar-refractivity contribution is 5.92. The predicted molar refractivity (Wildman–Crippen MR) is 79.7 cm³/mol. The van der Waals surface area contributed by atoms with Crippen molar-refractivity contribution in [2.24, 2.45) is 0 Å². The van der Waals surface area contributed by atoms with E-state index < -0.39 is 41.1 Å². The average molecular weight is 338 g/mol. The number of hydrogen-bond donors (Lipinski definition) is 1. The molecule has 0 aromatic heterocycles. The fraction of sp³-hybridized carbons (Fsp3) is 0.765. The second-order valence-corrected chi connectivity index (χ2v) is 7.73. The summed E-state index contributed by atoms with van der Waals surface area (Å²) in [6.45, 7) is 6.71. The molecule has 3 heterocycles. The first-order valence-electron chi connectivity index (χ1n) is 8.28. The van der Waals surface area contributed by atoms with E-state index in [4.69, 9.17) is 18.9 Å². The van der Waals surface area contributed by atoms with Crippen molar-refractivity contribution in [2.45, 2.75) is 82.3 Å². The molecule has 0 radical (unpaired) electrons. The van der Waals surface area contributed by atoms with E-state index in [1.165, 1.54) is 6.92 Å². The van der Waals surface area contributed by atoms with Crippen LogP contribution in [0.4, 0.5) is 0 Å². The molecule has 0 bridgehead atoms. The molecule has 3 aliphatic heterocycles. The van der Waals surface area contributed by atoms with E-state index in [1.807, 2.05) is 13.8 Å². The van der Waals surface area contributed by atoms with Crippen LogP contribution in [0.25, 0.3) is 0 Å². The molecule has 0 aromatic rings. The Hall–Kier alpha value is -1.44. The number of ether oxygens (including phenoxy) is 4. The first-order chi connectivity index (χ1) is 11.1. The molecule has 4 rings (SSSR count). The second kappa shape index (κ2) is 4.59. The first kappa shape index (κ1) is 16.1. The number of aliphatic hydroxyl groups is 1. The Balaban J connectivity index is 1.79. The van der Waals surface area contributed by atoms with Gasteiger partial charge in [0.25, 0.3) is 0 Å². The van der Waals surface area contributed by atoms with Crippen molar-refractivity contribution in [2.75, 3.05) is 0 Å². The maximum atomic E-state index is 12.1. The molecular weight excluding hydrogens is 316 g/mol. The summed E-state index contributed by atoms with van der Waals surface area (Å²) in [6.07, 6.45) is 0.394. The number of epoxide rings is 2. The van der Waals surface area contributed by atoms with E-state index in [2.05, 4.69) is 0 Å². The molecule has 7 nitrogen and oxygen atoms in total. The van der Waals surface area contributed by atoms with Crippen molar-refractivity contribution in [1.82, 2.24) is 0 Å². The summed E-state index contributed by atoms with van der Waals surface area (Å²) in [7, 11) is 0. The largest absolute Gasteiger partial charge is 0.455 e. The third-order valence-corrected chi connectivity index (χ3v) is 5.71. The maximum Gasteiger partial charge on any atom is 0.336 e. The second-order valence-electron chi connectivity index (χ2n) is 7.73. The molecular formula is C17H22O7. The zero-order valence-corrected chi connectivity index (χ0v) is 14.3. The highest BCUT2D eigenvalue weighted by atomic mass is 16.7. The lowest BCUT2D eigenvalue weighted by Crippen LogP contribution is -2.45. The number of carbonyl (C=O) groups is 2. The van der Waals surface area contributed by atoms with Crippen LogP contribution in [0, 0.1) is 0 Å². The van der Waals surface area contributed by atoms with Crippen molar-refractivity contribution >= 4 is 11.9 Å². The molecule has 0 aromatic carbocycles. The third kappa shape index (κ3) is 2.22. The summed E-state index contributed by atoms with van der Waals surface area (Å²) in [5, 5.41) is 11.1. The van der Waals surface area contributed by atoms with Crippen LogP contribution in [0.1, 0.15) is 47.0 Å². The molecule has 2 saturated heterocycles. The van der Waals surface area contributed by atoms with E-state index >= 15 is 0 Å². The van der Waals surface area contributed by atoms with Gasteiger partial charge in [-0.3, -0.25) is 4.79 Å². The first-order valence-corrected chi connectivity index (χ1v) is 8.28. The summed E-state index contributed by atoms with van der Waals surface area (Å²) in [5.41, 5.74) is -0.481. The molecule has 24 heavy (non-hydrogen) atoms. The van der Waals surface area contributed by atoms with Crippen LogP contribution in [0.15, 0.2) is 11.1 Å². The van der Waals surface area contributed by atoms with Gasteiger partial charge in [0, 0.05) is 18.9 Å². The monoisotopic (exact) mass is 338 g/mol. The Bertz CT molecular complexity index is 670. The molecule has 1 aliphatic carbocycles. The molecule has 6 atom stereocenters. The SMILES string of the molecule is CC(=O)O[C@@H]1C2=C(C)C(=O)O[C@]2(O)C[C@]2(C)O[C@@H]2CC[C@@]2(C)O[C@@H]12. The lowest BCUT2D eigenvalue weighted by Gasteiger charge is -2.31. The molecule has 1 N–H and O–H groups in total. The Kier molecular flexibility index (Phi) is 3.07. The van der Waals surface area contributed by atoms with Gasteiger partial charge in [-0.25, -0.2) is 4.79 Å². The molecule has 0 unspecified atom stereocenters. The van der Waals surface area contributed by atoms with E-state index in [-0.39, 0.29) is 23.7 Å². The summed E-state index contributed by atoms with van der Waals surface area (Å²) in [6, 6.07) is 0. The van der Waals surface area contributed by atoms with Gasteiger partial charge in [0.1, 0.15) is 6.10 Å². The van der Waals surface area contributed by atoms with Gasteiger partial charge in [-0.05, 0) is 33.6 Å². The number of rotatable bonds is 1. The van der Waals surface area contributed by atoms with Crippen molar-refractivity contribution in [3.63, 3.8) is 0 Å². The summed E-state index contributed by atoms with van der Waals surface area (Å²) >= 11 is 0. The smallest absolute Gasteiger partial charge is 0.336 e. The van der Waals surface area contributed by atoms with Gasteiger partial charge in [-0.15, -0.1) is 0 Å². The topological polar surface area (TPSA) is 97.9 Å². The van der Waals surface area contributed by atoms with Gasteiger partial charge >= 0.3 is 11.9 Å². The molecule has 132 valence electrons. The number of carbonyl (C=O) groups excluding carboxylic acids is 2. The molecule has 1 saturated carbocycles. The van der Waals surface area contributed by atoms with E-state index in [1.54, 1.807) is 6.92 Å². The maximum absolute atomic E-state index is 12.1. The van der Waals surface area contributed by atoms with Crippen molar-refractivity contribution in [3.8, 4) is 0 Å². The van der Waals surface area contributed by atoms with Crippen LogP contribution < -0.4 is 0 Å². The Morgan fingerprint density at radius 1 is 1.29 bits per heavy atom. The lowest BCUT2D eigenvalue weighted by molar-refractivity contribution is -0.192. The minimum atomic E-state index is -1.84. The van der Waals surface area contributed by atoms with Crippen LogP contribution in [-0.2, 0) is 28.5 Å². The standard InChI is InChI=1S/C17H22O7/c1-8-11-12(21-9(2)18)13-15(3,23-13)6-5-10-16(4,22-10)7-17(11,20)24-14(8)19/h10,12-13,20H,5-7H2,1-4H3/t10-,12-,13+,15-,16+,17-/m1/s1. The highest BCUT2D eigenvalue weighted by Gasteiger charge is 2.68. The van der Waals surface area contributed by atoms with Gasteiger partial charge < -0.3 is 24.1 Å². The summed E-state index contributed by atoms with van der Waals surface area (Å²) in [5.74, 6) is -2.94. The van der Waals surface area contributed by atoms with Gasteiger partial charge in [-0.2, -0.15) is 0 Å². The fourth-order valence-corrected chi connectivity index (χ4v) is 4.25. The minimum absolute atomic E-state index is 0.00525. The van der Waals surface area contributed by atoms with Crippen molar-refractivity contribution in [1.29, 1.82) is 0 Å². The minimum Gasteiger partial charge on any atom is -0.455 e. The van der Waals surface area contributed by atoms with E-state index in [0.29, 0.717) is 0 Å². The highest BCUT2D eigenvalue weighted by Crippen LogP contribution is 2.56. The van der Waals surface area contributed by atoms with Crippen LogP contribution in [-0.4, -0.2) is 52.3 Å². The Morgan fingerprint density at radius 2 is 2.00 bits per heavy atom. The lowest BCUT2D eigenvalue weighted by atomic mass is 9.82. The molecule has 7 heteroatoms. The summed E-state index contributed by atoms with van der Waals surface area (Å²) < 4.78 is 22.4. The van der Waals surface area contributed by atoms with Crippen molar-refractivity contribution in [3.05, 3.63) is 11.1 Å². The van der Waals surface area contributed by atoms with Crippen LogP contribution >= 0.6 is 0 Å². The Labute approximate surface area is 139 Å². The predicted octanol–water partition coefficient (Wildman–Crippen LogP) is 0.979. The van der Waals surface area contributed by atoms with Gasteiger partial charge in [-0.1, -0.05) is 0 Å². The number of fused-ring (bicyclic) bond motifs is 3. The zero-order valence-electron chi connectivity index (χ0n) is 14.3. The normalized spacial score (nSPS) is 49.5. The number of esters is 2. The molecule has 3 fully saturated rings. The van der Waals surface area contributed by atoms with Crippen LogP contribution in [0.5, 0.6) is 0 Å². The average Bonchev–Trinajstić information content (AvgIpc) is 3.27. The fourth-order valence-electron chi connectivity index (χ4n) is 4.25. The van der Waals surface area contributed by atoms with Gasteiger partial charge in [0.05, 0.1) is 22.9 Å². The van der Waals surface area contributed by atoms with E-state index in [9.17, 15) is 14.7 Å².